The maximum absolute atomic E-state index is 15.0. The van der Waals surface area contributed by atoms with Crippen LogP contribution in [0.4, 0.5) is 27.6 Å². The van der Waals surface area contributed by atoms with Gasteiger partial charge in [0.15, 0.2) is 17.7 Å². The molecule has 1 atom stereocenters. The minimum absolute atomic E-state index is 0.0440. The van der Waals surface area contributed by atoms with Crippen molar-refractivity contribution in [2.45, 2.75) is 38.6 Å². The fourth-order valence-corrected chi connectivity index (χ4v) is 3.30. The molecule has 0 saturated carbocycles. The van der Waals surface area contributed by atoms with E-state index in [4.69, 9.17) is 27.9 Å². The third kappa shape index (κ3) is 5.40. The average Bonchev–Trinajstić information content (AvgIpc) is 3.11. The maximum atomic E-state index is 15.0. The van der Waals surface area contributed by atoms with Crippen molar-refractivity contribution in [2.24, 2.45) is 0 Å². The Morgan fingerprint density at radius 2 is 1.94 bits per heavy atom. The number of amides is 1. The quantitative estimate of drug-likeness (QED) is 0.347. The number of carbonyl (C=O) groups is 1. The molecule has 35 heavy (non-hydrogen) atoms. The van der Waals surface area contributed by atoms with E-state index in [1.54, 1.807) is 6.92 Å². The van der Waals surface area contributed by atoms with Gasteiger partial charge < -0.3 is 10.1 Å². The van der Waals surface area contributed by atoms with Crippen LogP contribution in [0.3, 0.4) is 0 Å². The number of hydrogen-bond acceptors (Lipinski definition) is 5. The molecule has 3 rings (SSSR count). The Bertz CT molecular complexity index is 1310. The Morgan fingerprint density at radius 1 is 1.26 bits per heavy atom. The Morgan fingerprint density at radius 3 is 2.49 bits per heavy atom. The zero-order chi connectivity index (χ0) is 26.1. The van der Waals surface area contributed by atoms with E-state index in [1.807, 2.05) is 0 Å². The second-order valence-corrected chi connectivity index (χ2v) is 7.66. The van der Waals surface area contributed by atoms with Gasteiger partial charge in [-0.1, -0.05) is 17.7 Å². The number of benzene rings is 1. The summed E-state index contributed by atoms with van der Waals surface area (Å²) >= 11 is 11.6. The summed E-state index contributed by atoms with van der Waals surface area (Å²) in [7, 11) is 0. The SMILES string of the molecule is CCn1c(CCl)nn(-c2nc(O[C@@H](C)C(F)(F)F)c(C(=O)Nc3c(F)cccc3Cl)cc2F)c1=O. The number of hydrogen-bond donors (Lipinski definition) is 1. The molecule has 0 saturated heterocycles. The van der Waals surface area contributed by atoms with Gasteiger partial charge in [-0.3, -0.25) is 9.36 Å². The number of aromatic nitrogens is 4. The van der Waals surface area contributed by atoms with Gasteiger partial charge in [-0.15, -0.1) is 16.7 Å². The molecule has 2 aromatic heterocycles. The predicted molar refractivity (Wildman–Crippen MR) is 116 cm³/mol. The lowest BCUT2D eigenvalue weighted by Crippen LogP contribution is -2.33. The largest absolute Gasteiger partial charge is 0.464 e. The van der Waals surface area contributed by atoms with Crippen molar-refractivity contribution in [1.29, 1.82) is 0 Å². The lowest BCUT2D eigenvalue weighted by Gasteiger charge is -2.19. The van der Waals surface area contributed by atoms with Crippen LogP contribution in [-0.2, 0) is 12.4 Å². The Hall–Kier alpha value is -3.19. The fourth-order valence-electron chi connectivity index (χ4n) is 2.89. The highest BCUT2D eigenvalue weighted by atomic mass is 35.5. The predicted octanol–water partition coefficient (Wildman–Crippen LogP) is 4.70. The van der Waals surface area contributed by atoms with Crippen molar-refractivity contribution in [1.82, 2.24) is 19.3 Å². The molecule has 1 N–H and O–H groups in total. The van der Waals surface area contributed by atoms with Gasteiger partial charge in [0, 0.05) is 6.54 Å². The van der Waals surface area contributed by atoms with E-state index in [0.717, 1.165) is 10.6 Å². The summed E-state index contributed by atoms with van der Waals surface area (Å²) in [6.07, 6.45) is -7.37. The van der Waals surface area contributed by atoms with Gasteiger partial charge in [-0.2, -0.15) is 22.8 Å². The van der Waals surface area contributed by atoms with Crippen LogP contribution in [0.15, 0.2) is 29.1 Å². The zero-order valence-corrected chi connectivity index (χ0v) is 19.5. The van der Waals surface area contributed by atoms with Gasteiger partial charge in [0.2, 0.25) is 5.88 Å². The van der Waals surface area contributed by atoms with Gasteiger partial charge in [0.25, 0.3) is 5.91 Å². The molecule has 0 aliphatic rings. The topological polar surface area (TPSA) is 91.0 Å². The van der Waals surface area contributed by atoms with E-state index >= 15 is 4.39 Å². The first-order chi connectivity index (χ1) is 16.4. The first kappa shape index (κ1) is 26.4. The summed E-state index contributed by atoms with van der Waals surface area (Å²) < 4.78 is 74.9. The molecular weight excluding hydrogens is 524 g/mol. The van der Waals surface area contributed by atoms with Gasteiger partial charge in [-0.25, -0.2) is 13.6 Å². The molecule has 0 aliphatic carbocycles. The number of anilines is 1. The van der Waals surface area contributed by atoms with Crippen LogP contribution in [0.25, 0.3) is 5.82 Å². The molecule has 0 unspecified atom stereocenters. The third-order valence-corrected chi connectivity index (χ3v) is 5.25. The molecule has 2 heterocycles. The van der Waals surface area contributed by atoms with Crippen molar-refractivity contribution >= 4 is 34.8 Å². The van der Waals surface area contributed by atoms with Gasteiger partial charge in [0.05, 0.1) is 16.6 Å². The summed E-state index contributed by atoms with van der Waals surface area (Å²) in [6, 6.07) is 3.96. The molecule has 0 aliphatic heterocycles. The summed E-state index contributed by atoms with van der Waals surface area (Å²) in [4.78, 5) is 29.0. The highest BCUT2D eigenvalue weighted by molar-refractivity contribution is 6.34. The first-order valence-corrected chi connectivity index (χ1v) is 10.7. The summed E-state index contributed by atoms with van der Waals surface area (Å²) in [5.41, 5.74) is -2.19. The molecule has 0 fully saturated rings. The number of pyridine rings is 1. The van der Waals surface area contributed by atoms with Crippen molar-refractivity contribution < 1.29 is 31.5 Å². The smallest absolute Gasteiger partial charge is 0.425 e. The van der Waals surface area contributed by atoms with Crippen molar-refractivity contribution in [2.75, 3.05) is 5.32 Å². The number of nitrogens with zero attached hydrogens (tertiary/aromatic N) is 4. The van der Waals surface area contributed by atoms with Crippen LogP contribution in [0.1, 0.15) is 30.0 Å². The van der Waals surface area contributed by atoms with E-state index in [2.05, 4.69) is 15.4 Å². The standard InChI is InChI=1S/C20H16Cl2F5N5O3/c1-3-31-14(8-21)30-32(19(31)34)16-13(24)7-10(18(29-16)35-9(2)20(25,26)27)17(33)28-15-11(22)5-4-6-12(15)23/h4-7,9H,3,8H2,1-2H3,(H,28,33)/t9-/m0/s1. The number of para-hydroxylation sites is 1. The van der Waals surface area contributed by atoms with Crippen LogP contribution in [0, 0.1) is 11.6 Å². The average molecular weight is 540 g/mol. The Balaban J connectivity index is 2.16. The normalized spacial score (nSPS) is 12.5. The molecule has 1 amide bonds. The second kappa shape index (κ2) is 10.2. The zero-order valence-electron chi connectivity index (χ0n) is 18.0. The first-order valence-electron chi connectivity index (χ1n) is 9.83. The molecular formula is C20H16Cl2F5N5O3. The molecule has 188 valence electrons. The van der Waals surface area contributed by atoms with Crippen LogP contribution in [0.5, 0.6) is 5.88 Å². The van der Waals surface area contributed by atoms with E-state index in [-0.39, 0.29) is 23.3 Å². The molecule has 3 aromatic rings. The van der Waals surface area contributed by atoms with Crippen molar-refractivity contribution in [3.63, 3.8) is 0 Å². The van der Waals surface area contributed by atoms with E-state index in [0.29, 0.717) is 17.7 Å². The molecule has 1 aromatic carbocycles. The van der Waals surface area contributed by atoms with Crippen LogP contribution in [-0.4, -0.2) is 37.5 Å². The van der Waals surface area contributed by atoms with Crippen LogP contribution >= 0.6 is 23.2 Å². The highest BCUT2D eigenvalue weighted by Gasteiger charge is 2.39. The number of carbonyl (C=O) groups excluding carboxylic acids is 1. The lowest BCUT2D eigenvalue weighted by atomic mass is 10.2. The van der Waals surface area contributed by atoms with Crippen LogP contribution in [0.2, 0.25) is 5.02 Å². The third-order valence-electron chi connectivity index (χ3n) is 4.69. The van der Waals surface area contributed by atoms with E-state index < -0.39 is 58.5 Å². The highest BCUT2D eigenvalue weighted by Crippen LogP contribution is 2.30. The van der Waals surface area contributed by atoms with Crippen LogP contribution < -0.4 is 15.7 Å². The molecule has 8 nitrogen and oxygen atoms in total. The lowest BCUT2D eigenvalue weighted by molar-refractivity contribution is -0.190. The Kier molecular flexibility index (Phi) is 7.70. The number of nitrogens with one attached hydrogen (secondary N) is 1. The molecule has 0 radical (unpaired) electrons. The molecule has 0 bridgehead atoms. The number of alkyl halides is 4. The molecule has 0 spiro atoms. The second-order valence-electron chi connectivity index (χ2n) is 6.99. The fraction of sp³-hybridized carbons (Fsp3) is 0.300. The van der Waals surface area contributed by atoms with Gasteiger partial charge in [0.1, 0.15) is 17.2 Å². The monoisotopic (exact) mass is 539 g/mol. The number of rotatable bonds is 7. The van der Waals surface area contributed by atoms with E-state index in [9.17, 15) is 27.2 Å². The Labute approximate surface area is 204 Å². The number of halogens is 7. The van der Waals surface area contributed by atoms with Crippen molar-refractivity contribution in [3.05, 3.63) is 62.8 Å². The maximum Gasteiger partial charge on any atom is 0.425 e. The van der Waals surface area contributed by atoms with Crippen molar-refractivity contribution in [3.8, 4) is 11.7 Å². The summed E-state index contributed by atoms with van der Waals surface area (Å²) in [5.74, 6) is -5.52. The van der Waals surface area contributed by atoms with E-state index in [1.165, 1.54) is 12.1 Å². The van der Waals surface area contributed by atoms with Gasteiger partial charge >= 0.3 is 11.9 Å². The summed E-state index contributed by atoms with van der Waals surface area (Å²) in [6.45, 7) is 2.33. The van der Waals surface area contributed by atoms with Gasteiger partial charge in [-0.05, 0) is 32.0 Å². The summed E-state index contributed by atoms with van der Waals surface area (Å²) in [5, 5.41) is 5.69. The number of ether oxygens (including phenoxy) is 1. The minimum Gasteiger partial charge on any atom is -0.464 e. The minimum atomic E-state index is -4.88. The molecule has 15 heteroatoms.